The highest BCUT2D eigenvalue weighted by Gasteiger charge is 2.25. The van der Waals surface area contributed by atoms with E-state index in [1.54, 1.807) is 18.2 Å². The lowest BCUT2D eigenvalue weighted by Gasteiger charge is -2.35. The molecule has 1 aliphatic heterocycles. The van der Waals surface area contributed by atoms with Crippen molar-refractivity contribution >= 4 is 34.9 Å². The first-order chi connectivity index (χ1) is 11.0. The van der Waals surface area contributed by atoms with Crippen molar-refractivity contribution in [3.05, 3.63) is 28.2 Å². The van der Waals surface area contributed by atoms with Gasteiger partial charge in [-0.3, -0.25) is 0 Å². The molecule has 0 unspecified atom stereocenters. The lowest BCUT2D eigenvalue weighted by atomic mass is 10.1. The summed E-state index contributed by atoms with van der Waals surface area (Å²) in [4.78, 5) is 16.7. The lowest BCUT2D eigenvalue weighted by molar-refractivity contribution is 0.0466. The van der Waals surface area contributed by atoms with E-state index in [0.29, 0.717) is 35.5 Å². The predicted octanol–water partition coefficient (Wildman–Crippen LogP) is 3.57. The second-order valence-electron chi connectivity index (χ2n) is 5.90. The Morgan fingerprint density at radius 2 is 1.91 bits per heavy atom. The van der Waals surface area contributed by atoms with Gasteiger partial charge in [0, 0.05) is 38.0 Å². The van der Waals surface area contributed by atoms with Gasteiger partial charge in [0.1, 0.15) is 0 Å². The van der Waals surface area contributed by atoms with Gasteiger partial charge >= 0.3 is 6.03 Å². The summed E-state index contributed by atoms with van der Waals surface area (Å²) in [5.74, 6) is 0. The lowest BCUT2D eigenvalue weighted by Crippen LogP contribution is -2.48. The van der Waals surface area contributed by atoms with Crippen LogP contribution in [0.3, 0.4) is 0 Å². The quantitative estimate of drug-likeness (QED) is 0.873. The van der Waals surface area contributed by atoms with Gasteiger partial charge in [0.25, 0.3) is 0 Å². The summed E-state index contributed by atoms with van der Waals surface area (Å²) < 4.78 is 5.40. The van der Waals surface area contributed by atoms with Crippen LogP contribution in [-0.4, -0.2) is 62.3 Å². The van der Waals surface area contributed by atoms with E-state index in [1.807, 2.05) is 19.0 Å². The van der Waals surface area contributed by atoms with Crippen LogP contribution in [0.4, 0.5) is 10.5 Å². The van der Waals surface area contributed by atoms with Gasteiger partial charge < -0.3 is 19.9 Å². The Hall–Kier alpha value is -1.01. The number of rotatable bonds is 5. The van der Waals surface area contributed by atoms with Gasteiger partial charge in [-0.25, -0.2) is 4.79 Å². The molecule has 23 heavy (non-hydrogen) atoms. The van der Waals surface area contributed by atoms with Crippen molar-refractivity contribution in [1.29, 1.82) is 0 Å². The molecule has 1 aliphatic rings. The zero-order valence-corrected chi connectivity index (χ0v) is 15.0. The summed E-state index contributed by atoms with van der Waals surface area (Å²) in [6, 6.07) is 5.18. The summed E-state index contributed by atoms with van der Waals surface area (Å²) in [6.45, 7) is 2.88. The molecule has 0 spiro atoms. The first-order valence-corrected chi connectivity index (χ1v) is 8.48. The van der Waals surface area contributed by atoms with E-state index in [2.05, 4.69) is 10.2 Å². The number of likely N-dealkylation sites (N-methyl/N-ethyl adjacent to an activating group) is 1. The topological polar surface area (TPSA) is 44.8 Å². The molecule has 2 amide bonds. The number of urea groups is 1. The third-order valence-electron chi connectivity index (χ3n) is 3.85. The number of nitrogens with one attached hydrogen (secondary N) is 1. The van der Waals surface area contributed by atoms with Crippen LogP contribution in [0.1, 0.15) is 12.8 Å². The minimum absolute atomic E-state index is 0.114. The van der Waals surface area contributed by atoms with E-state index >= 15 is 0 Å². The molecule has 5 nitrogen and oxygen atoms in total. The third kappa shape index (κ3) is 5.53. The van der Waals surface area contributed by atoms with E-state index in [4.69, 9.17) is 27.9 Å². The molecule has 0 aromatic heterocycles. The summed E-state index contributed by atoms with van der Waals surface area (Å²) in [7, 11) is 4.00. The monoisotopic (exact) mass is 359 g/mol. The van der Waals surface area contributed by atoms with Gasteiger partial charge in [-0.1, -0.05) is 23.2 Å². The second-order valence-corrected chi connectivity index (χ2v) is 6.71. The molecule has 2 rings (SSSR count). The largest absolute Gasteiger partial charge is 0.381 e. The van der Waals surface area contributed by atoms with Gasteiger partial charge in [-0.15, -0.1) is 0 Å². The highest BCUT2D eigenvalue weighted by Crippen LogP contribution is 2.25. The maximum Gasteiger partial charge on any atom is 0.322 e. The highest BCUT2D eigenvalue weighted by atomic mass is 35.5. The number of anilines is 1. The van der Waals surface area contributed by atoms with Crippen molar-refractivity contribution < 1.29 is 9.53 Å². The first-order valence-electron chi connectivity index (χ1n) is 7.72. The van der Waals surface area contributed by atoms with Gasteiger partial charge in [-0.05, 0) is 45.1 Å². The number of carbonyl (C=O) groups is 1. The molecule has 1 fully saturated rings. The molecule has 7 heteroatoms. The van der Waals surface area contributed by atoms with Crippen LogP contribution < -0.4 is 5.32 Å². The van der Waals surface area contributed by atoms with Gasteiger partial charge in [0.15, 0.2) is 0 Å². The molecule has 128 valence electrons. The smallest absolute Gasteiger partial charge is 0.322 e. The summed E-state index contributed by atoms with van der Waals surface area (Å²) in [5, 5.41) is 3.81. The van der Waals surface area contributed by atoms with E-state index < -0.39 is 0 Å². The Balaban J connectivity index is 2.06. The Labute approximate surface area is 147 Å². The van der Waals surface area contributed by atoms with Crippen molar-refractivity contribution in [2.75, 3.05) is 45.7 Å². The SMILES string of the molecule is CN(C)CCN(C(=O)Nc1ccc(Cl)c(Cl)c1)C1CCOCC1. The number of amides is 2. The van der Waals surface area contributed by atoms with E-state index in [-0.39, 0.29) is 12.1 Å². The number of halogens is 2. The van der Waals surface area contributed by atoms with Crippen LogP contribution in [0.15, 0.2) is 18.2 Å². The third-order valence-corrected chi connectivity index (χ3v) is 4.59. The van der Waals surface area contributed by atoms with E-state index in [9.17, 15) is 4.79 Å². The van der Waals surface area contributed by atoms with Crippen LogP contribution in [0, 0.1) is 0 Å². The summed E-state index contributed by atoms with van der Waals surface area (Å²) in [6.07, 6.45) is 1.73. The fourth-order valence-corrected chi connectivity index (χ4v) is 2.82. The number of hydrogen-bond acceptors (Lipinski definition) is 3. The van der Waals surface area contributed by atoms with Crippen molar-refractivity contribution in [3.63, 3.8) is 0 Å². The Bertz CT molecular complexity index is 534. The average molecular weight is 360 g/mol. The fourth-order valence-electron chi connectivity index (χ4n) is 2.52. The van der Waals surface area contributed by atoms with Crippen LogP contribution in [0.5, 0.6) is 0 Å². The molecule has 0 radical (unpaired) electrons. The normalized spacial score (nSPS) is 15.7. The van der Waals surface area contributed by atoms with Gasteiger partial charge in [0.2, 0.25) is 0 Å². The standard InChI is InChI=1S/C16H23Cl2N3O2/c1-20(2)7-8-21(13-5-9-23-10-6-13)16(22)19-12-3-4-14(17)15(18)11-12/h3-4,11,13H,5-10H2,1-2H3,(H,19,22). The van der Waals surface area contributed by atoms with E-state index in [1.165, 1.54) is 0 Å². The molecule has 1 saturated heterocycles. The average Bonchev–Trinajstić information content (AvgIpc) is 2.52. The maximum atomic E-state index is 12.7. The first kappa shape index (κ1) is 18.3. The van der Waals surface area contributed by atoms with Crippen molar-refractivity contribution in [3.8, 4) is 0 Å². The highest BCUT2D eigenvalue weighted by molar-refractivity contribution is 6.42. The van der Waals surface area contributed by atoms with Crippen molar-refractivity contribution in [2.45, 2.75) is 18.9 Å². The van der Waals surface area contributed by atoms with Crippen LogP contribution >= 0.6 is 23.2 Å². The van der Waals surface area contributed by atoms with Gasteiger partial charge in [0.05, 0.1) is 10.0 Å². The fraction of sp³-hybridized carbons (Fsp3) is 0.562. The minimum atomic E-state index is -0.114. The second kappa shape index (κ2) is 8.73. The molecule has 1 N–H and O–H groups in total. The van der Waals surface area contributed by atoms with Crippen LogP contribution in [0.2, 0.25) is 10.0 Å². The van der Waals surface area contributed by atoms with E-state index in [0.717, 1.165) is 19.4 Å². The Morgan fingerprint density at radius 1 is 1.22 bits per heavy atom. The zero-order valence-electron chi connectivity index (χ0n) is 13.5. The number of hydrogen-bond donors (Lipinski definition) is 1. The molecule has 1 aromatic carbocycles. The molecule has 0 bridgehead atoms. The molecular weight excluding hydrogens is 337 g/mol. The number of ether oxygens (including phenoxy) is 1. The van der Waals surface area contributed by atoms with Crippen LogP contribution in [-0.2, 0) is 4.74 Å². The van der Waals surface area contributed by atoms with Crippen molar-refractivity contribution in [1.82, 2.24) is 9.80 Å². The Morgan fingerprint density at radius 3 is 2.52 bits per heavy atom. The maximum absolute atomic E-state index is 12.7. The number of nitrogens with zero attached hydrogens (tertiary/aromatic N) is 2. The zero-order chi connectivity index (χ0) is 16.8. The minimum Gasteiger partial charge on any atom is -0.381 e. The molecular formula is C16H23Cl2N3O2. The molecule has 0 aliphatic carbocycles. The van der Waals surface area contributed by atoms with Crippen LogP contribution in [0.25, 0.3) is 0 Å². The molecule has 0 saturated carbocycles. The van der Waals surface area contributed by atoms with Crippen molar-refractivity contribution in [2.24, 2.45) is 0 Å². The molecule has 1 aromatic rings. The van der Waals surface area contributed by atoms with Gasteiger partial charge in [-0.2, -0.15) is 0 Å². The number of carbonyl (C=O) groups excluding carboxylic acids is 1. The Kier molecular flexibility index (Phi) is 6.96. The molecule has 1 heterocycles. The number of benzene rings is 1. The summed E-state index contributed by atoms with van der Waals surface area (Å²) >= 11 is 11.9. The summed E-state index contributed by atoms with van der Waals surface area (Å²) in [5.41, 5.74) is 0.645. The molecule has 0 atom stereocenters. The predicted molar refractivity (Wildman–Crippen MR) is 94.6 cm³/mol.